The van der Waals surface area contributed by atoms with Crippen LogP contribution in [-0.4, -0.2) is 28.6 Å². The van der Waals surface area contributed by atoms with Gasteiger partial charge in [0.25, 0.3) is 5.69 Å². The first kappa shape index (κ1) is 19.4. The number of nitro groups is 2. The third-order valence-electron chi connectivity index (χ3n) is 3.65. The Bertz CT molecular complexity index is 792. The first-order valence-electron chi connectivity index (χ1n) is 7.60. The normalized spacial score (nSPS) is 11.6. The van der Waals surface area contributed by atoms with Crippen molar-refractivity contribution in [3.63, 3.8) is 0 Å². The molecular weight excluding hydrogens is 360 g/mol. The molecule has 0 saturated carbocycles. The molecule has 0 radical (unpaired) electrons. The van der Waals surface area contributed by atoms with Gasteiger partial charge in [0, 0.05) is 28.4 Å². The van der Waals surface area contributed by atoms with Gasteiger partial charge in [-0.15, -0.1) is 0 Å². The lowest BCUT2D eigenvalue weighted by Gasteiger charge is -2.12. The third-order valence-corrected chi connectivity index (χ3v) is 4.55. The number of hydrogen-bond donors (Lipinski definition) is 0. The van der Waals surface area contributed by atoms with Gasteiger partial charge in [-0.1, -0.05) is 23.9 Å². The van der Waals surface area contributed by atoms with Gasteiger partial charge in [-0.25, -0.2) is 0 Å². The Hall–Kier alpha value is -2.94. The number of methoxy groups -OCH3 is 1. The summed E-state index contributed by atoms with van der Waals surface area (Å²) in [6, 6.07) is 12.4. The van der Waals surface area contributed by atoms with E-state index in [1.165, 1.54) is 24.3 Å². The van der Waals surface area contributed by atoms with Gasteiger partial charge in [-0.3, -0.25) is 25.0 Å². The highest BCUT2D eigenvalue weighted by molar-refractivity contribution is 8.13. The van der Waals surface area contributed by atoms with E-state index >= 15 is 0 Å². The SMILES string of the molecule is COc1ccc(SC(=O)C[C@@H](C[N+](=O)[O-])c2ccc([N+](=O)[O-])cc2)cc1. The molecule has 2 aromatic rings. The maximum Gasteiger partial charge on any atom is 0.269 e. The highest BCUT2D eigenvalue weighted by atomic mass is 32.2. The minimum absolute atomic E-state index is 0.0461. The second kappa shape index (κ2) is 8.95. The molecule has 0 aliphatic rings. The standard InChI is InChI=1S/C17H16N2O6S/c1-25-15-6-8-16(9-7-15)26-17(20)10-13(11-18(21)22)12-2-4-14(5-3-12)19(23)24/h2-9,13H,10-11H2,1H3/t13-/m0/s1. The molecule has 0 spiro atoms. The van der Waals surface area contributed by atoms with Gasteiger partial charge >= 0.3 is 0 Å². The number of hydrogen-bond acceptors (Lipinski definition) is 7. The van der Waals surface area contributed by atoms with Gasteiger partial charge in [0.15, 0.2) is 5.12 Å². The first-order valence-corrected chi connectivity index (χ1v) is 8.41. The topological polar surface area (TPSA) is 113 Å². The Morgan fingerprint density at radius 1 is 1.08 bits per heavy atom. The predicted octanol–water partition coefficient (Wildman–Crippen LogP) is 3.67. The van der Waals surface area contributed by atoms with E-state index < -0.39 is 22.3 Å². The van der Waals surface area contributed by atoms with Crippen molar-refractivity contribution < 1.29 is 19.4 Å². The minimum atomic E-state index is -0.649. The lowest BCUT2D eigenvalue weighted by atomic mass is 9.96. The molecule has 8 nitrogen and oxygen atoms in total. The molecule has 0 unspecified atom stereocenters. The van der Waals surface area contributed by atoms with E-state index in [4.69, 9.17) is 4.74 Å². The number of carbonyl (C=O) groups is 1. The fourth-order valence-corrected chi connectivity index (χ4v) is 3.17. The number of non-ortho nitro benzene ring substituents is 1. The van der Waals surface area contributed by atoms with Crippen LogP contribution in [-0.2, 0) is 4.79 Å². The fourth-order valence-electron chi connectivity index (χ4n) is 2.35. The quantitative estimate of drug-likeness (QED) is 0.392. The smallest absolute Gasteiger partial charge is 0.269 e. The molecule has 136 valence electrons. The van der Waals surface area contributed by atoms with Crippen LogP contribution in [0.25, 0.3) is 0 Å². The first-order chi connectivity index (χ1) is 12.4. The minimum Gasteiger partial charge on any atom is -0.497 e. The average molecular weight is 376 g/mol. The van der Waals surface area contributed by atoms with Gasteiger partial charge in [-0.2, -0.15) is 0 Å². The average Bonchev–Trinajstić information content (AvgIpc) is 2.61. The van der Waals surface area contributed by atoms with E-state index in [1.54, 1.807) is 31.4 Å². The highest BCUT2D eigenvalue weighted by Gasteiger charge is 2.23. The number of benzene rings is 2. The molecule has 26 heavy (non-hydrogen) atoms. The lowest BCUT2D eigenvalue weighted by Crippen LogP contribution is -2.15. The number of nitrogens with zero attached hydrogens (tertiary/aromatic N) is 2. The molecule has 0 heterocycles. The van der Waals surface area contributed by atoms with E-state index in [0.717, 1.165) is 11.8 Å². The summed E-state index contributed by atoms with van der Waals surface area (Å²) >= 11 is 0.996. The maximum atomic E-state index is 12.3. The summed E-state index contributed by atoms with van der Waals surface area (Å²) in [6.45, 7) is -0.424. The van der Waals surface area contributed by atoms with Crippen molar-refractivity contribution in [3.05, 3.63) is 74.3 Å². The zero-order chi connectivity index (χ0) is 19.1. The van der Waals surface area contributed by atoms with Crippen LogP contribution in [0.2, 0.25) is 0 Å². The van der Waals surface area contributed by atoms with Crippen LogP contribution in [0.15, 0.2) is 53.4 Å². The molecule has 0 aliphatic heterocycles. The summed E-state index contributed by atoms with van der Waals surface area (Å²) in [6.07, 6.45) is -0.0461. The van der Waals surface area contributed by atoms with Crippen LogP contribution in [0.5, 0.6) is 5.75 Å². The molecule has 1 atom stereocenters. The van der Waals surface area contributed by atoms with E-state index in [1.807, 2.05) is 0 Å². The van der Waals surface area contributed by atoms with Crippen molar-refractivity contribution in [2.24, 2.45) is 0 Å². The van der Waals surface area contributed by atoms with Crippen LogP contribution in [0.1, 0.15) is 17.9 Å². The van der Waals surface area contributed by atoms with Crippen molar-refractivity contribution in [2.45, 2.75) is 17.2 Å². The predicted molar refractivity (Wildman–Crippen MR) is 96.2 cm³/mol. The number of thioether (sulfide) groups is 1. The zero-order valence-corrected chi connectivity index (χ0v) is 14.7. The second-order valence-corrected chi connectivity index (χ2v) is 6.55. The number of nitro benzene ring substituents is 1. The van der Waals surface area contributed by atoms with Crippen molar-refractivity contribution in [1.82, 2.24) is 0 Å². The maximum absolute atomic E-state index is 12.3. The molecule has 0 aromatic heterocycles. The monoisotopic (exact) mass is 376 g/mol. The molecule has 9 heteroatoms. The van der Waals surface area contributed by atoms with E-state index in [0.29, 0.717) is 16.2 Å². The Morgan fingerprint density at radius 2 is 1.69 bits per heavy atom. The molecular formula is C17H16N2O6S. The molecule has 0 aliphatic carbocycles. The molecule has 0 fully saturated rings. The summed E-state index contributed by atoms with van der Waals surface area (Å²) < 4.78 is 5.05. The van der Waals surface area contributed by atoms with Gasteiger partial charge < -0.3 is 4.74 Å². The summed E-state index contributed by atoms with van der Waals surface area (Å²) in [5.41, 5.74) is 0.420. The lowest BCUT2D eigenvalue weighted by molar-refractivity contribution is -0.483. The van der Waals surface area contributed by atoms with Crippen molar-refractivity contribution in [3.8, 4) is 5.75 Å². The summed E-state index contributed by atoms with van der Waals surface area (Å²) in [7, 11) is 1.54. The Balaban J connectivity index is 2.09. The molecule has 0 N–H and O–H groups in total. The van der Waals surface area contributed by atoms with Gasteiger partial charge in [0.2, 0.25) is 6.54 Å². The summed E-state index contributed by atoms with van der Waals surface area (Å²) in [5.74, 6) is 0.0166. The van der Waals surface area contributed by atoms with E-state index in [-0.39, 0.29) is 17.2 Å². The van der Waals surface area contributed by atoms with Crippen LogP contribution in [0.4, 0.5) is 5.69 Å². The fraction of sp³-hybridized carbons (Fsp3) is 0.235. The largest absolute Gasteiger partial charge is 0.497 e. The second-order valence-electron chi connectivity index (χ2n) is 5.41. The van der Waals surface area contributed by atoms with Crippen LogP contribution >= 0.6 is 11.8 Å². The van der Waals surface area contributed by atoms with E-state index in [2.05, 4.69) is 0 Å². The third kappa shape index (κ3) is 5.55. The molecule has 0 saturated heterocycles. The number of carbonyl (C=O) groups excluding carboxylic acids is 1. The van der Waals surface area contributed by atoms with Gasteiger partial charge in [0.1, 0.15) is 5.75 Å². The Morgan fingerprint density at radius 3 is 2.19 bits per heavy atom. The molecule has 0 amide bonds. The number of rotatable bonds is 8. The van der Waals surface area contributed by atoms with Crippen LogP contribution < -0.4 is 4.74 Å². The summed E-state index contributed by atoms with van der Waals surface area (Å²) in [5, 5.41) is 21.4. The molecule has 2 aromatic carbocycles. The number of ether oxygens (including phenoxy) is 1. The van der Waals surface area contributed by atoms with Crippen molar-refractivity contribution in [2.75, 3.05) is 13.7 Å². The summed E-state index contributed by atoms with van der Waals surface area (Å²) in [4.78, 5) is 33.6. The molecule has 2 rings (SSSR count). The van der Waals surface area contributed by atoms with Gasteiger partial charge in [0.05, 0.1) is 18.0 Å². The Labute approximate surface area is 153 Å². The van der Waals surface area contributed by atoms with Crippen molar-refractivity contribution in [1.29, 1.82) is 0 Å². The van der Waals surface area contributed by atoms with Crippen molar-refractivity contribution >= 4 is 22.6 Å². The highest BCUT2D eigenvalue weighted by Crippen LogP contribution is 2.29. The van der Waals surface area contributed by atoms with Crippen LogP contribution in [0.3, 0.4) is 0 Å². The van der Waals surface area contributed by atoms with E-state index in [9.17, 15) is 25.0 Å². The van der Waals surface area contributed by atoms with Crippen LogP contribution in [0, 0.1) is 20.2 Å². The van der Waals surface area contributed by atoms with Gasteiger partial charge in [-0.05, 0) is 29.8 Å². The molecule has 0 bridgehead atoms. The zero-order valence-electron chi connectivity index (χ0n) is 13.9. The Kier molecular flexibility index (Phi) is 6.67.